The number of esters is 3. The van der Waals surface area contributed by atoms with Gasteiger partial charge in [-0.3, -0.25) is 19.1 Å². The molecule has 0 saturated heterocycles. The first-order chi connectivity index (χ1) is 24.8. The number of aliphatic carboxylic acids is 1. The number of rotatable bonds is 14. The number of carbonyl (C=O) groups is 5. The minimum absolute atomic E-state index is 0.0165. The summed E-state index contributed by atoms with van der Waals surface area (Å²) < 4.78 is 51.9. The predicted molar refractivity (Wildman–Crippen MR) is 174 cm³/mol. The van der Waals surface area contributed by atoms with Crippen molar-refractivity contribution < 1.29 is 56.8 Å². The number of carboxylic acids is 1. The molecule has 4 aromatic heterocycles. The van der Waals surface area contributed by atoms with E-state index in [1.165, 1.54) is 17.8 Å². The first-order valence-corrected chi connectivity index (χ1v) is 16.8. The van der Waals surface area contributed by atoms with Gasteiger partial charge in [0.2, 0.25) is 18.2 Å². The Morgan fingerprint density at radius 1 is 1.00 bits per heavy atom. The molecular formula is C32H33F2N7O10S. The Balaban J connectivity index is 1.29. The highest BCUT2D eigenvalue weighted by atomic mass is 32.1. The van der Waals surface area contributed by atoms with Crippen molar-refractivity contribution in [3.63, 3.8) is 0 Å². The van der Waals surface area contributed by atoms with E-state index in [2.05, 4.69) is 30.2 Å². The number of ether oxygens (including phenoxy) is 4. The number of hydrogen-bond donors (Lipinski definition) is 2. The van der Waals surface area contributed by atoms with Crippen LogP contribution >= 0.6 is 11.3 Å². The van der Waals surface area contributed by atoms with Crippen molar-refractivity contribution in [2.45, 2.75) is 77.5 Å². The Morgan fingerprint density at radius 2 is 1.71 bits per heavy atom. The summed E-state index contributed by atoms with van der Waals surface area (Å²) in [5.41, 5.74) is 0.0681. The quantitative estimate of drug-likeness (QED) is 0.107. The third kappa shape index (κ3) is 9.18. The van der Waals surface area contributed by atoms with Gasteiger partial charge in [-0.05, 0) is 44.7 Å². The molecule has 1 aliphatic rings. The number of hydrogen-bond acceptors (Lipinski definition) is 14. The van der Waals surface area contributed by atoms with Crippen molar-refractivity contribution in [2.24, 2.45) is 0 Å². The van der Waals surface area contributed by atoms with Crippen LogP contribution in [0.5, 0.6) is 0 Å². The SMILES string of the molecule is CCO[C@H]1CC[C@H](n2cc(NC(=O)c3csc(-c4cnn(COC(=O)[C@@H](OC(C)=O)[C@@H](OC(C)=O)C(=O)O)c4)n3)c(-c3nc(F)ccc3F)n2)CC1. The van der Waals surface area contributed by atoms with Crippen LogP contribution in [0.1, 0.15) is 63.0 Å². The largest absolute Gasteiger partial charge is 0.478 e. The molecule has 4 aromatic rings. The smallest absolute Gasteiger partial charge is 0.353 e. The number of nitrogens with zero attached hydrogens (tertiary/aromatic N) is 6. The van der Waals surface area contributed by atoms with Crippen LogP contribution < -0.4 is 5.32 Å². The number of nitrogens with one attached hydrogen (secondary N) is 1. The summed E-state index contributed by atoms with van der Waals surface area (Å²) in [4.78, 5) is 68.5. The number of amides is 1. The van der Waals surface area contributed by atoms with Crippen molar-refractivity contribution >= 4 is 46.8 Å². The molecule has 17 nitrogen and oxygen atoms in total. The van der Waals surface area contributed by atoms with Crippen LogP contribution in [0.2, 0.25) is 0 Å². The molecule has 1 amide bonds. The van der Waals surface area contributed by atoms with Crippen LogP contribution in [0.15, 0.2) is 36.1 Å². The number of pyridine rings is 1. The maximum absolute atomic E-state index is 14.9. The molecule has 52 heavy (non-hydrogen) atoms. The molecule has 1 fully saturated rings. The lowest BCUT2D eigenvalue weighted by atomic mass is 9.93. The third-order valence-corrected chi connectivity index (χ3v) is 8.62. The molecule has 4 heterocycles. The molecule has 0 radical (unpaired) electrons. The van der Waals surface area contributed by atoms with E-state index < -0.39 is 60.5 Å². The van der Waals surface area contributed by atoms with Crippen LogP contribution in [-0.2, 0) is 44.9 Å². The number of carboxylic acid groups (broad SMARTS) is 1. The monoisotopic (exact) mass is 745 g/mol. The van der Waals surface area contributed by atoms with Gasteiger partial charge in [0.05, 0.1) is 24.0 Å². The van der Waals surface area contributed by atoms with Crippen molar-refractivity contribution in [1.82, 2.24) is 29.5 Å². The van der Waals surface area contributed by atoms with Gasteiger partial charge in [0.25, 0.3) is 5.91 Å². The zero-order chi connectivity index (χ0) is 37.5. The minimum atomic E-state index is -2.16. The highest BCUT2D eigenvalue weighted by Crippen LogP contribution is 2.35. The van der Waals surface area contributed by atoms with E-state index in [-0.39, 0.29) is 34.9 Å². The molecule has 0 unspecified atom stereocenters. The normalized spacial score (nSPS) is 16.8. The molecule has 2 atom stereocenters. The fourth-order valence-electron chi connectivity index (χ4n) is 5.43. The van der Waals surface area contributed by atoms with Gasteiger partial charge in [0.1, 0.15) is 22.1 Å². The van der Waals surface area contributed by atoms with E-state index in [9.17, 15) is 37.9 Å². The summed E-state index contributed by atoms with van der Waals surface area (Å²) in [6, 6.07) is 1.74. The second-order valence-corrected chi connectivity index (χ2v) is 12.3. The van der Waals surface area contributed by atoms with E-state index in [0.29, 0.717) is 17.2 Å². The van der Waals surface area contributed by atoms with Crippen LogP contribution in [0.4, 0.5) is 14.5 Å². The Labute approximate surface area is 297 Å². The van der Waals surface area contributed by atoms with Gasteiger partial charge in [0, 0.05) is 43.8 Å². The van der Waals surface area contributed by atoms with Gasteiger partial charge in [-0.15, -0.1) is 11.3 Å². The summed E-state index contributed by atoms with van der Waals surface area (Å²) in [6.45, 7) is 3.82. The highest BCUT2D eigenvalue weighted by molar-refractivity contribution is 7.13. The molecule has 1 saturated carbocycles. The number of anilines is 1. The van der Waals surface area contributed by atoms with Gasteiger partial charge >= 0.3 is 23.9 Å². The fourth-order valence-corrected chi connectivity index (χ4v) is 6.20. The van der Waals surface area contributed by atoms with Gasteiger partial charge in [-0.25, -0.2) is 28.6 Å². The predicted octanol–water partition coefficient (Wildman–Crippen LogP) is 3.76. The summed E-state index contributed by atoms with van der Waals surface area (Å²) in [5, 5.41) is 22.5. The summed E-state index contributed by atoms with van der Waals surface area (Å²) >= 11 is 1.08. The lowest BCUT2D eigenvalue weighted by Crippen LogP contribution is -2.46. The summed E-state index contributed by atoms with van der Waals surface area (Å²) in [6.07, 6.45) is 3.24. The fraction of sp³-hybridized carbons (Fsp3) is 0.406. The zero-order valence-corrected chi connectivity index (χ0v) is 28.8. The van der Waals surface area contributed by atoms with E-state index >= 15 is 0 Å². The van der Waals surface area contributed by atoms with Crippen molar-refractivity contribution in [3.8, 4) is 22.0 Å². The molecule has 0 bridgehead atoms. The molecule has 0 aliphatic heterocycles. The number of halogens is 2. The Bertz CT molecular complexity index is 1960. The molecule has 0 spiro atoms. The summed E-state index contributed by atoms with van der Waals surface area (Å²) in [5.74, 6) is -7.53. The third-order valence-electron chi connectivity index (χ3n) is 7.73. The van der Waals surface area contributed by atoms with E-state index in [1.54, 1.807) is 10.9 Å². The van der Waals surface area contributed by atoms with Gasteiger partial charge in [-0.1, -0.05) is 0 Å². The summed E-state index contributed by atoms with van der Waals surface area (Å²) in [7, 11) is 0. The molecular weight excluding hydrogens is 712 g/mol. The minimum Gasteiger partial charge on any atom is -0.478 e. The number of thiazole rings is 1. The zero-order valence-electron chi connectivity index (χ0n) is 28.0. The van der Waals surface area contributed by atoms with E-state index in [4.69, 9.17) is 14.2 Å². The average molecular weight is 746 g/mol. The maximum Gasteiger partial charge on any atom is 0.353 e. The molecule has 5 rings (SSSR count). The molecule has 0 aromatic carbocycles. The Morgan fingerprint density at radius 3 is 2.38 bits per heavy atom. The molecule has 20 heteroatoms. The van der Waals surface area contributed by atoms with Gasteiger partial charge < -0.3 is 29.4 Å². The van der Waals surface area contributed by atoms with Crippen LogP contribution in [0, 0.1) is 11.8 Å². The van der Waals surface area contributed by atoms with Crippen molar-refractivity contribution in [2.75, 3.05) is 11.9 Å². The van der Waals surface area contributed by atoms with Crippen molar-refractivity contribution in [1.29, 1.82) is 0 Å². The van der Waals surface area contributed by atoms with Crippen LogP contribution in [0.3, 0.4) is 0 Å². The Hall–Kier alpha value is -5.63. The van der Waals surface area contributed by atoms with Gasteiger partial charge in [0.15, 0.2) is 12.5 Å². The standard InChI is InChI=1S/C32H33F2N7O10S/c1-4-48-20-7-5-19(6-8-20)41-13-22(26(39-41)25-21(33)9-10-24(34)38-25)36-29(44)23-14-52-30(37-23)18-11-35-40(12-18)15-49-32(47)28(51-17(3)43)27(31(45)46)50-16(2)42/h9-14,19-20,27-28H,4-8,15H2,1-3H3,(H,36,44)(H,45,46)/t19-,20-,27-,28+/m1/s1. The van der Waals surface area contributed by atoms with Gasteiger partial charge in [-0.2, -0.15) is 14.6 Å². The van der Waals surface area contributed by atoms with Crippen molar-refractivity contribution in [3.05, 3.63) is 53.6 Å². The highest BCUT2D eigenvalue weighted by Gasteiger charge is 2.41. The lowest BCUT2D eigenvalue weighted by molar-refractivity contribution is -0.190. The molecule has 1 aliphatic carbocycles. The second-order valence-electron chi connectivity index (χ2n) is 11.5. The first kappa shape index (κ1) is 37.6. The van der Waals surface area contributed by atoms with Crippen LogP contribution in [-0.4, -0.2) is 89.3 Å². The number of aromatic nitrogens is 6. The Kier molecular flexibility index (Phi) is 12.0. The topological polar surface area (TPSA) is 216 Å². The van der Waals surface area contributed by atoms with E-state index in [1.807, 2.05) is 6.92 Å². The maximum atomic E-state index is 14.9. The number of carbonyl (C=O) groups excluding carboxylic acids is 4. The average Bonchev–Trinajstić information content (AvgIpc) is 3.87. The molecule has 2 N–H and O–H groups in total. The lowest BCUT2D eigenvalue weighted by Gasteiger charge is -2.28. The molecule has 276 valence electrons. The van der Waals surface area contributed by atoms with Crippen LogP contribution in [0.25, 0.3) is 22.0 Å². The second kappa shape index (κ2) is 16.6. The van der Waals surface area contributed by atoms with E-state index in [0.717, 1.165) is 67.7 Å². The first-order valence-electron chi connectivity index (χ1n) is 15.9.